The SMILES string of the molecule is CCCC/C=C\C/C=C\CCCCCCCC(=O)OCCCCCCCCCCC/C=C\C/C=C\CCCCCCCCCCCC(=O)NC(CO)C(O)CCCCCCCCCCCCCCCCCCCCC. The molecule has 1 amide bonds. The van der Waals surface area contributed by atoms with Crippen LogP contribution in [0.5, 0.6) is 0 Å². The lowest BCUT2D eigenvalue weighted by atomic mass is 10.0. The van der Waals surface area contributed by atoms with Crippen LogP contribution in [0.4, 0.5) is 0 Å². The van der Waals surface area contributed by atoms with Crippen LogP contribution in [0.3, 0.4) is 0 Å². The molecule has 0 aromatic carbocycles. The monoisotopic (exact) mass is 1050 g/mol. The van der Waals surface area contributed by atoms with Gasteiger partial charge < -0.3 is 20.3 Å². The first-order chi connectivity index (χ1) is 37.0. The lowest BCUT2D eigenvalue weighted by Gasteiger charge is -2.22. The van der Waals surface area contributed by atoms with E-state index in [0.29, 0.717) is 25.9 Å². The number of aliphatic hydroxyl groups excluding tert-OH is 2. The second-order valence-corrected chi connectivity index (χ2v) is 22.8. The maximum atomic E-state index is 12.5. The molecule has 0 aromatic rings. The number of esters is 1. The number of hydrogen-bond donors (Lipinski definition) is 3. The number of aliphatic hydroxyl groups is 2. The standard InChI is InChI=1S/C69H129NO5/c1-3-5-7-9-11-13-15-17-19-20-28-31-34-37-41-45-49-53-57-61-67(72)66(65-71)70-68(73)62-58-54-50-46-42-38-35-32-29-26-24-22-21-23-25-27-30-33-36-40-44-48-52-56-60-64-75-69(74)63-59-55-51-47-43-39-18-16-14-12-10-8-6-4-2/h10,12,16,18,22-25,66-67,71-72H,3-9,11,13-15,17,19-21,26-65H2,1-2H3,(H,70,73)/b12-10-,18-16-,24-22-,25-23-. The van der Waals surface area contributed by atoms with Gasteiger partial charge in [-0.1, -0.05) is 306 Å². The zero-order valence-corrected chi connectivity index (χ0v) is 50.3. The highest BCUT2D eigenvalue weighted by Crippen LogP contribution is 2.18. The van der Waals surface area contributed by atoms with Crippen molar-refractivity contribution >= 4 is 11.9 Å². The fourth-order valence-electron chi connectivity index (χ4n) is 10.2. The summed E-state index contributed by atoms with van der Waals surface area (Å²) < 4.78 is 5.47. The van der Waals surface area contributed by atoms with Gasteiger partial charge in [0.2, 0.25) is 5.91 Å². The Bertz CT molecular complexity index is 1260. The third-order valence-electron chi connectivity index (χ3n) is 15.4. The predicted molar refractivity (Wildman–Crippen MR) is 329 cm³/mol. The number of carbonyl (C=O) groups is 2. The number of rotatable bonds is 62. The normalized spacial score (nSPS) is 12.9. The van der Waals surface area contributed by atoms with Gasteiger partial charge in [-0.15, -0.1) is 0 Å². The molecule has 0 spiro atoms. The molecule has 0 aromatic heterocycles. The third kappa shape index (κ3) is 60.9. The van der Waals surface area contributed by atoms with E-state index in [0.717, 1.165) is 57.8 Å². The molecule has 0 fully saturated rings. The third-order valence-corrected chi connectivity index (χ3v) is 15.4. The number of nitrogens with one attached hydrogen (secondary N) is 1. The number of carbonyl (C=O) groups excluding carboxylic acids is 2. The molecular formula is C69H129NO5. The van der Waals surface area contributed by atoms with Gasteiger partial charge in [-0.25, -0.2) is 0 Å². The number of hydrogen-bond acceptors (Lipinski definition) is 5. The summed E-state index contributed by atoms with van der Waals surface area (Å²) in [4.78, 5) is 24.6. The Hall–Kier alpha value is -2.18. The minimum absolute atomic E-state index is 0.00562. The minimum atomic E-state index is -0.670. The lowest BCUT2D eigenvalue weighted by Crippen LogP contribution is -2.45. The summed E-state index contributed by atoms with van der Waals surface area (Å²) in [5, 5.41) is 23.4. The molecule has 0 saturated carbocycles. The summed E-state index contributed by atoms with van der Waals surface area (Å²) >= 11 is 0. The van der Waals surface area contributed by atoms with E-state index >= 15 is 0 Å². The maximum absolute atomic E-state index is 12.5. The molecule has 0 bridgehead atoms. The maximum Gasteiger partial charge on any atom is 0.305 e. The van der Waals surface area contributed by atoms with Crippen molar-refractivity contribution in [3.8, 4) is 0 Å². The van der Waals surface area contributed by atoms with Crippen LogP contribution in [0.25, 0.3) is 0 Å². The first kappa shape index (κ1) is 72.8. The van der Waals surface area contributed by atoms with Gasteiger partial charge in [-0.05, 0) is 83.5 Å². The number of allylic oxidation sites excluding steroid dienone is 8. The van der Waals surface area contributed by atoms with Gasteiger partial charge in [0.25, 0.3) is 0 Å². The molecule has 6 nitrogen and oxygen atoms in total. The summed E-state index contributed by atoms with van der Waals surface area (Å²) in [5.74, 6) is -0.0443. The number of amides is 1. The first-order valence-electron chi connectivity index (χ1n) is 33.4. The van der Waals surface area contributed by atoms with Crippen molar-refractivity contribution < 1.29 is 24.5 Å². The van der Waals surface area contributed by atoms with Gasteiger partial charge in [-0.3, -0.25) is 9.59 Å². The van der Waals surface area contributed by atoms with Crippen LogP contribution >= 0.6 is 0 Å². The van der Waals surface area contributed by atoms with Crippen LogP contribution in [0.2, 0.25) is 0 Å². The summed E-state index contributed by atoms with van der Waals surface area (Å²) in [6.07, 6.45) is 82.8. The molecule has 0 heterocycles. The summed E-state index contributed by atoms with van der Waals surface area (Å²) in [5.41, 5.74) is 0. The fourth-order valence-corrected chi connectivity index (χ4v) is 10.2. The Labute approximate surface area is 467 Å². The van der Waals surface area contributed by atoms with Crippen LogP contribution in [0.1, 0.15) is 354 Å². The van der Waals surface area contributed by atoms with Crippen molar-refractivity contribution in [1.29, 1.82) is 0 Å². The summed E-state index contributed by atoms with van der Waals surface area (Å²) in [7, 11) is 0. The van der Waals surface area contributed by atoms with Crippen LogP contribution in [-0.2, 0) is 14.3 Å². The van der Waals surface area contributed by atoms with Gasteiger partial charge >= 0.3 is 5.97 Å². The van der Waals surface area contributed by atoms with Gasteiger partial charge in [0, 0.05) is 12.8 Å². The van der Waals surface area contributed by atoms with Gasteiger partial charge in [0.15, 0.2) is 0 Å². The predicted octanol–water partition coefficient (Wildman–Crippen LogP) is 21.3. The molecular weight excluding hydrogens is 923 g/mol. The quantitative estimate of drug-likeness (QED) is 0.0320. The Morgan fingerprint density at radius 2 is 0.680 bits per heavy atom. The highest BCUT2D eigenvalue weighted by atomic mass is 16.5. The van der Waals surface area contributed by atoms with Crippen LogP contribution in [-0.4, -0.2) is 47.4 Å². The first-order valence-corrected chi connectivity index (χ1v) is 33.4. The summed E-state index contributed by atoms with van der Waals surface area (Å²) in [6.45, 7) is 4.92. The molecule has 0 saturated heterocycles. The topological polar surface area (TPSA) is 95.9 Å². The van der Waals surface area contributed by atoms with E-state index in [-0.39, 0.29) is 18.5 Å². The molecule has 440 valence electrons. The molecule has 0 radical (unpaired) electrons. The van der Waals surface area contributed by atoms with E-state index < -0.39 is 12.1 Å². The van der Waals surface area contributed by atoms with Crippen molar-refractivity contribution in [1.82, 2.24) is 5.32 Å². The fraction of sp³-hybridized carbons (Fsp3) is 0.855. The van der Waals surface area contributed by atoms with E-state index in [1.54, 1.807) is 0 Å². The molecule has 0 rings (SSSR count). The van der Waals surface area contributed by atoms with E-state index in [1.807, 2.05) is 0 Å². The average molecular weight is 1050 g/mol. The van der Waals surface area contributed by atoms with E-state index in [1.165, 1.54) is 263 Å². The minimum Gasteiger partial charge on any atom is -0.466 e. The molecule has 3 N–H and O–H groups in total. The molecule has 2 atom stereocenters. The second kappa shape index (κ2) is 64.3. The zero-order chi connectivity index (χ0) is 54.3. The average Bonchev–Trinajstić information content (AvgIpc) is 3.41. The highest BCUT2D eigenvalue weighted by molar-refractivity contribution is 5.76. The van der Waals surface area contributed by atoms with Crippen molar-refractivity contribution in [2.24, 2.45) is 0 Å². The van der Waals surface area contributed by atoms with Crippen molar-refractivity contribution in [3.05, 3.63) is 48.6 Å². The van der Waals surface area contributed by atoms with Crippen LogP contribution in [0.15, 0.2) is 48.6 Å². The van der Waals surface area contributed by atoms with Gasteiger partial charge in [-0.2, -0.15) is 0 Å². The number of ether oxygens (including phenoxy) is 1. The highest BCUT2D eigenvalue weighted by Gasteiger charge is 2.20. The van der Waals surface area contributed by atoms with Crippen molar-refractivity contribution in [3.63, 3.8) is 0 Å². The Morgan fingerprint density at radius 1 is 0.373 bits per heavy atom. The van der Waals surface area contributed by atoms with Crippen LogP contribution < -0.4 is 5.32 Å². The van der Waals surface area contributed by atoms with Crippen molar-refractivity contribution in [2.75, 3.05) is 13.2 Å². The largest absolute Gasteiger partial charge is 0.466 e. The van der Waals surface area contributed by atoms with E-state index in [4.69, 9.17) is 4.74 Å². The van der Waals surface area contributed by atoms with Gasteiger partial charge in [0.1, 0.15) is 0 Å². The summed E-state index contributed by atoms with van der Waals surface area (Å²) in [6, 6.07) is -0.548. The zero-order valence-electron chi connectivity index (χ0n) is 50.3. The second-order valence-electron chi connectivity index (χ2n) is 22.8. The Balaban J connectivity index is 3.44. The van der Waals surface area contributed by atoms with E-state index in [2.05, 4.69) is 67.8 Å². The van der Waals surface area contributed by atoms with Crippen molar-refractivity contribution in [2.45, 2.75) is 366 Å². The molecule has 2 unspecified atom stereocenters. The Morgan fingerprint density at radius 3 is 1.05 bits per heavy atom. The molecule has 0 aliphatic carbocycles. The van der Waals surface area contributed by atoms with Crippen LogP contribution in [0, 0.1) is 0 Å². The lowest BCUT2D eigenvalue weighted by molar-refractivity contribution is -0.143. The molecule has 75 heavy (non-hydrogen) atoms. The molecule has 0 aliphatic rings. The molecule has 6 heteroatoms. The smallest absolute Gasteiger partial charge is 0.305 e. The Kier molecular flexibility index (Phi) is 62.5. The molecule has 0 aliphatic heterocycles. The van der Waals surface area contributed by atoms with Gasteiger partial charge in [0.05, 0.1) is 25.4 Å². The number of unbranched alkanes of at least 4 members (excludes halogenated alkanes) is 43. The van der Waals surface area contributed by atoms with E-state index in [9.17, 15) is 19.8 Å².